The summed E-state index contributed by atoms with van der Waals surface area (Å²) in [6, 6.07) is 75.9. The van der Waals surface area contributed by atoms with E-state index < -0.39 is 0 Å². The predicted octanol–water partition coefficient (Wildman–Crippen LogP) is 14.9. The molecule has 1 heterocycles. The van der Waals surface area contributed by atoms with E-state index >= 15 is 0 Å². The predicted molar refractivity (Wildman–Crippen MR) is 228 cm³/mol. The second kappa shape index (κ2) is 13.4. The minimum absolute atomic E-state index is 0.852. The molecule has 0 aliphatic heterocycles. The number of hydrogen-bond donors (Lipinski definition) is 0. The minimum Gasteiger partial charge on any atom is -0.454 e. The summed E-state index contributed by atoms with van der Waals surface area (Å²) in [6.07, 6.45) is 0. The topological polar surface area (TPSA) is 16.4 Å². The van der Waals surface area contributed by atoms with Crippen LogP contribution in [0, 0.1) is 0 Å². The molecule has 2 nitrogen and oxygen atoms in total. The van der Waals surface area contributed by atoms with Crippen LogP contribution < -0.4 is 4.90 Å². The third-order valence-corrected chi connectivity index (χ3v) is 10.5. The lowest BCUT2D eigenvalue weighted by Crippen LogP contribution is -2.12. The van der Waals surface area contributed by atoms with Gasteiger partial charge >= 0.3 is 0 Å². The first-order chi connectivity index (χ1) is 26.8. The maximum atomic E-state index is 6.75. The van der Waals surface area contributed by atoms with Gasteiger partial charge in [0, 0.05) is 22.0 Å². The van der Waals surface area contributed by atoms with E-state index in [1.54, 1.807) is 0 Å². The molecule has 254 valence electrons. The van der Waals surface area contributed by atoms with Gasteiger partial charge in [0.05, 0.1) is 11.4 Å². The molecule has 0 amide bonds. The SMILES string of the molecule is c1ccc(-c2ccc(N(c3ccccc3-c3ccccc3-c3ccc4ccccc4c3)c3cccc4c3oc3ccccc34)cc2-c2ccccc2)cc1. The Morgan fingerprint density at radius 2 is 0.907 bits per heavy atom. The molecule has 0 unspecified atom stereocenters. The monoisotopic (exact) mass is 689 g/mol. The normalized spacial score (nSPS) is 11.3. The number of para-hydroxylation sites is 3. The highest BCUT2D eigenvalue weighted by atomic mass is 16.3. The standard InChI is InChI=1S/C52H35NO/c1-3-17-37(18-4-1)43-33-32-41(35-48(43)38-19-5-2-6-20-38)53(50-28-15-26-47-46-25-12-14-29-51(46)54-52(47)50)49-27-13-11-24-45(49)44-23-10-9-22-42(44)40-31-30-36-16-7-8-21-39(36)34-40/h1-35H. The molecule has 0 saturated heterocycles. The molecular weight excluding hydrogens is 655 g/mol. The number of anilines is 3. The van der Waals surface area contributed by atoms with Crippen molar-refractivity contribution < 1.29 is 4.42 Å². The van der Waals surface area contributed by atoms with Crippen molar-refractivity contribution in [2.24, 2.45) is 0 Å². The lowest BCUT2D eigenvalue weighted by Gasteiger charge is -2.29. The Hall–Kier alpha value is -7.16. The molecule has 9 aromatic carbocycles. The summed E-state index contributed by atoms with van der Waals surface area (Å²) in [4.78, 5) is 2.39. The maximum absolute atomic E-state index is 6.75. The molecule has 54 heavy (non-hydrogen) atoms. The van der Waals surface area contributed by atoms with Gasteiger partial charge in [0.25, 0.3) is 0 Å². The van der Waals surface area contributed by atoms with E-state index in [2.05, 4.69) is 211 Å². The van der Waals surface area contributed by atoms with Crippen LogP contribution in [0.2, 0.25) is 0 Å². The number of benzene rings is 9. The smallest absolute Gasteiger partial charge is 0.159 e. The fourth-order valence-corrected chi connectivity index (χ4v) is 7.94. The fourth-order valence-electron chi connectivity index (χ4n) is 7.94. The van der Waals surface area contributed by atoms with Crippen molar-refractivity contribution in [3.8, 4) is 44.5 Å². The average molecular weight is 690 g/mol. The van der Waals surface area contributed by atoms with Crippen molar-refractivity contribution >= 4 is 49.8 Å². The minimum atomic E-state index is 0.852. The Balaban J connectivity index is 1.24. The van der Waals surface area contributed by atoms with E-state index in [9.17, 15) is 0 Å². The van der Waals surface area contributed by atoms with E-state index in [0.717, 1.165) is 61.3 Å². The van der Waals surface area contributed by atoms with Gasteiger partial charge in [-0.3, -0.25) is 0 Å². The zero-order chi connectivity index (χ0) is 35.8. The quantitative estimate of drug-likeness (QED) is 0.166. The molecule has 0 aliphatic carbocycles. The molecule has 0 N–H and O–H groups in total. The molecule has 1 aromatic heterocycles. The molecule has 10 aromatic rings. The number of hydrogen-bond acceptors (Lipinski definition) is 2. The van der Waals surface area contributed by atoms with Crippen molar-refractivity contribution in [1.29, 1.82) is 0 Å². The van der Waals surface area contributed by atoms with Crippen LogP contribution in [0.1, 0.15) is 0 Å². The summed E-state index contributed by atoms with van der Waals surface area (Å²) >= 11 is 0. The van der Waals surface area contributed by atoms with Crippen molar-refractivity contribution in [3.05, 3.63) is 212 Å². The molecule has 0 radical (unpaired) electrons. The van der Waals surface area contributed by atoms with Crippen molar-refractivity contribution in [2.75, 3.05) is 4.90 Å². The van der Waals surface area contributed by atoms with E-state index in [1.807, 2.05) is 6.07 Å². The first-order valence-electron chi connectivity index (χ1n) is 18.4. The zero-order valence-corrected chi connectivity index (χ0v) is 29.6. The Morgan fingerprint density at radius 1 is 0.315 bits per heavy atom. The van der Waals surface area contributed by atoms with Crippen molar-refractivity contribution in [1.82, 2.24) is 0 Å². The Morgan fingerprint density at radius 3 is 1.72 bits per heavy atom. The van der Waals surface area contributed by atoms with Gasteiger partial charge in [0.2, 0.25) is 0 Å². The van der Waals surface area contributed by atoms with Gasteiger partial charge in [0.15, 0.2) is 5.58 Å². The van der Waals surface area contributed by atoms with Crippen LogP contribution in [0.25, 0.3) is 77.2 Å². The first-order valence-corrected chi connectivity index (χ1v) is 18.4. The molecule has 0 fully saturated rings. The van der Waals surface area contributed by atoms with Gasteiger partial charge in [-0.05, 0) is 86.1 Å². The summed E-state index contributed by atoms with van der Waals surface area (Å²) < 4.78 is 6.75. The largest absolute Gasteiger partial charge is 0.454 e. The lowest BCUT2D eigenvalue weighted by molar-refractivity contribution is 0.669. The van der Waals surface area contributed by atoms with Crippen LogP contribution in [0.5, 0.6) is 0 Å². The maximum Gasteiger partial charge on any atom is 0.159 e. The van der Waals surface area contributed by atoms with Crippen molar-refractivity contribution in [3.63, 3.8) is 0 Å². The molecule has 0 atom stereocenters. The number of nitrogens with zero attached hydrogens (tertiary/aromatic N) is 1. The van der Waals surface area contributed by atoms with Gasteiger partial charge in [-0.1, -0.05) is 176 Å². The van der Waals surface area contributed by atoms with Gasteiger partial charge in [-0.15, -0.1) is 0 Å². The van der Waals surface area contributed by atoms with E-state index in [0.29, 0.717) is 0 Å². The summed E-state index contributed by atoms with van der Waals surface area (Å²) in [5.41, 5.74) is 14.1. The van der Waals surface area contributed by atoms with Crippen LogP contribution in [0.15, 0.2) is 217 Å². The highest BCUT2D eigenvalue weighted by molar-refractivity contribution is 6.11. The van der Waals surface area contributed by atoms with Crippen LogP contribution in [0.4, 0.5) is 17.1 Å². The van der Waals surface area contributed by atoms with Gasteiger partial charge in [0.1, 0.15) is 5.58 Å². The number of fused-ring (bicyclic) bond motifs is 4. The molecule has 10 rings (SSSR count). The van der Waals surface area contributed by atoms with Crippen LogP contribution in [-0.4, -0.2) is 0 Å². The van der Waals surface area contributed by atoms with E-state index in [4.69, 9.17) is 4.42 Å². The Bertz CT molecular complexity index is 2940. The second-order valence-electron chi connectivity index (χ2n) is 13.7. The zero-order valence-electron chi connectivity index (χ0n) is 29.6. The first kappa shape index (κ1) is 31.6. The third-order valence-electron chi connectivity index (χ3n) is 10.5. The summed E-state index contributed by atoms with van der Waals surface area (Å²) in [6.45, 7) is 0. The van der Waals surface area contributed by atoms with Crippen molar-refractivity contribution in [2.45, 2.75) is 0 Å². The summed E-state index contributed by atoms with van der Waals surface area (Å²) in [5.74, 6) is 0. The molecule has 0 aliphatic rings. The number of rotatable bonds is 7. The van der Waals surface area contributed by atoms with Gasteiger partial charge in [-0.2, -0.15) is 0 Å². The fraction of sp³-hybridized carbons (Fsp3) is 0. The summed E-state index contributed by atoms with van der Waals surface area (Å²) in [7, 11) is 0. The van der Waals surface area contributed by atoms with Crippen LogP contribution >= 0.6 is 0 Å². The van der Waals surface area contributed by atoms with Gasteiger partial charge < -0.3 is 9.32 Å². The molecule has 0 spiro atoms. The molecule has 2 heteroatoms. The van der Waals surface area contributed by atoms with Crippen LogP contribution in [-0.2, 0) is 0 Å². The second-order valence-corrected chi connectivity index (χ2v) is 13.7. The van der Waals surface area contributed by atoms with Gasteiger partial charge in [-0.25, -0.2) is 0 Å². The van der Waals surface area contributed by atoms with E-state index in [1.165, 1.54) is 33.0 Å². The molecular formula is C52H35NO. The average Bonchev–Trinajstić information content (AvgIpc) is 3.64. The Kier molecular flexibility index (Phi) is 7.85. The highest BCUT2D eigenvalue weighted by Crippen LogP contribution is 2.48. The Labute approximate surface area is 314 Å². The van der Waals surface area contributed by atoms with E-state index in [-0.39, 0.29) is 0 Å². The number of furan rings is 1. The third kappa shape index (κ3) is 5.53. The highest BCUT2D eigenvalue weighted by Gasteiger charge is 2.24. The van der Waals surface area contributed by atoms with Crippen LogP contribution in [0.3, 0.4) is 0 Å². The molecule has 0 saturated carbocycles. The summed E-state index contributed by atoms with van der Waals surface area (Å²) in [5, 5.41) is 4.65. The lowest BCUT2D eigenvalue weighted by atomic mass is 9.91. The molecule has 0 bridgehead atoms.